The number of piperidine rings is 1. The number of aromatic nitrogens is 4. The summed E-state index contributed by atoms with van der Waals surface area (Å²) in [5.74, 6) is 1.21. The first-order valence-electron chi connectivity index (χ1n) is 12.1. The normalized spacial score (nSPS) is 23.4. The molecule has 0 radical (unpaired) electrons. The molecule has 11 heteroatoms. The molecule has 8 nitrogen and oxygen atoms in total. The van der Waals surface area contributed by atoms with Gasteiger partial charge in [-0.2, -0.15) is 10.4 Å². The highest BCUT2D eigenvalue weighted by Crippen LogP contribution is 2.33. The van der Waals surface area contributed by atoms with Crippen LogP contribution in [0, 0.1) is 17.2 Å². The number of hydrogen-bond acceptors (Lipinski definition) is 7. The smallest absolute Gasteiger partial charge is 0.190 e. The lowest BCUT2D eigenvalue weighted by Gasteiger charge is -2.43. The van der Waals surface area contributed by atoms with E-state index in [1.165, 1.54) is 0 Å². The predicted octanol–water partition coefficient (Wildman–Crippen LogP) is 4.71. The van der Waals surface area contributed by atoms with E-state index in [1.54, 1.807) is 23.0 Å². The molecular formula is C25H30Cl3N7O. The van der Waals surface area contributed by atoms with E-state index < -0.39 is 0 Å². The quantitative estimate of drug-likeness (QED) is 0.492. The van der Waals surface area contributed by atoms with Crippen molar-refractivity contribution < 1.29 is 5.11 Å². The van der Waals surface area contributed by atoms with Crippen molar-refractivity contribution in [1.82, 2.24) is 24.6 Å². The van der Waals surface area contributed by atoms with Crippen LogP contribution in [0.5, 0.6) is 0 Å². The predicted molar refractivity (Wildman–Crippen MR) is 144 cm³/mol. The number of rotatable bonds is 5. The lowest BCUT2D eigenvalue weighted by atomic mass is 9.92. The highest BCUT2D eigenvalue weighted by Gasteiger charge is 2.36. The molecule has 1 N–H and O–H groups in total. The summed E-state index contributed by atoms with van der Waals surface area (Å²) in [7, 11) is 0. The first-order valence-corrected chi connectivity index (χ1v) is 12.9. The Balaban J connectivity index is 0.00000304. The van der Waals surface area contributed by atoms with Crippen LogP contribution in [0.4, 0.5) is 5.82 Å². The molecule has 2 aromatic heterocycles. The molecule has 2 saturated heterocycles. The monoisotopic (exact) mass is 549 g/mol. The molecule has 2 aliphatic rings. The van der Waals surface area contributed by atoms with Crippen molar-refractivity contribution >= 4 is 52.6 Å². The fraction of sp³-hybridized carbons (Fsp3) is 0.520. The summed E-state index contributed by atoms with van der Waals surface area (Å²) >= 11 is 12.6. The Hall–Kier alpha value is -2.15. The molecule has 0 bridgehead atoms. The van der Waals surface area contributed by atoms with Gasteiger partial charge < -0.3 is 10.0 Å². The second-order valence-electron chi connectivity index (χ2n) is 9.64. The van der Waals surface area contributed by atoms with E-state index in [2.05, 4.69) is 32.9 Å². The van der Waals surface area contributed by atoms with E-state index in [9.17, 15) is 10.4 Å². The van der Waals surface area contributed by atoms with Gasteiger partial charge >= 0.3 is 0 Å². The van der Waals surface area contributed by atoms with Gasteiger partial charge in [-0.15, -0.1) is 12.4 Å². The maximum atomic E-state index is 9.77. The molecule has 36 heavy (non-hydrogen) atoms. The highest BCUT2D eigenvalue weighted by atomic mass is 35.5. The van der Waals surface area contributed by atoms with E-state index in [0.717, 1.165) is 50.3 Å². The van der Waals surface area contributed by atoms with Crippen molar-refractivity contribution in [2.45, 2.75) is 51.2 Å². The van der Waals surface area contributed by atoms with Crippen LogP contribution in [0.15, 0.2) is 24.4 Å². The van der Waals surface area contributed by atoms with E-state index in [4.69, 9.17) is 28.2 Å². The Morgan fingerprint density at radius 3 is 2.75 bits per heavy atom. The largest absolute Gasteiger partial charge is 0.395 e. The van der Waals surface area contributed by atoms with Gasteiger partial charge in [0.05, 0.1) is 18.8 Å². The van der Waals surface area contributed by atoms with Crippen molar-refractivity contribution in [2.24, 2.45) is 5.92 Å². The molecule has 0 amide bonds. The number of fused-ring (bicyclic) bond motifs is 1. The highest BCUT2D eigenvalue weighted by molar-refractivity contribution is 6.35. The molecule has 0 saturated carbocycles. The second-order valence-corrected chi connectivity index (χ2v) is 10.5. The Morgan fingerprint density at radius 1 is 1.25 bits per heavy atom. The molecule has 1 unspecified atom stereocenters. The van der Waals surface area contributed by atoms with Gasteiger partial charge in [0.2, 0.25) is 0 Å². The third-order valence-corrected chi connectivity index (χ3v) is 8.08. The van der Waals surface area contributed by atoms with Gasteiger partial charge in [0.1, 0.15) is 17.4 Å². The molecule has 0 spiro atoms. The molecular weight excluding hydrogens is 521 g/mol. The average Bonchev–Trinajstić information content (AvgIpc) is 3.47. The van der Waals surface area contributed by atoms with Crippen molar-refractivity contribution in [3.63, 3.8) is 0 Å². The Morgan fingerprint density at radius 2 is 2.06 bits per heavy atom. The number of nitriles is 1. The zero-order valence-corrected chi connectivity index (χ0v) is 22.6. The second kappa shape index (κ2) is 11.1. The standard InChI is InChI=1S/C25H29Cl2N7O.ClH/c1-15-13-32(9-7-22(15)33-8-3-4-18(33)14-35)23-12-29-24-21(11-28)31-34(25(24)30-23)16(2)19-6-5-17(26)10-20(19)27;/h5-6,10,12,15-16,18,22,35H,3-4,7-9,13-14H2,1-2H3;1H/t15-,16?,18+,22+;/m1./s1. The number of hydrogen-bond donors (Lipinski definition) is 1. The zero-order chi connectivity index (χ0) is 24.7. The summed E-state index contributed by atoms with van der Waals surface area (Å²) in [4.78, 5) is 14.3. The topological polar surface area (TPSA) is 94.1 Å². The van der Waals surface area contributed by atoms with E-state index >= 15 is 0 Å². The third kappa shape index (κ3) is 4.88. The molecule has 192 valence electrons. The number of anilines is 1. The SMILES string of the molecule is CC(c1ccc(Cl)cc1Cl)n1nc(C#N)c2ncc(N3CC[C@H](N4CCC[C@H]4CO)[C@H](C)C3)nc21.Cl. The Labute approximate surface area is 227 Å². The van der Waals surface area contributed by atoms with Crippen LogP contribution in [-0.2, 0) is 0 Å². The molecule has 2 fully saturated rings. The van der Waals surface area contributed by atoms with Crippen LogP contribution >= 0.6 is 35.6 Å². The number of halogens is 3. The van der Waals surface area contributed by atoms with Gasteiger partial charge in [-0.05, 0) is 56.3 Å². The summed E-state index contributed by atoms with van der Waals surface area (Å²) in [5, 5.41) is 25.0. The number of likely N-dealkylation sites (tertiary alicyclic amines) is 1. The van der Waals surface area contributed by atoms with Gasteiger partial charge in [-0.1, -0.05) is 36.2 Å². The van der Waals surface area contributed by atoms with Gasteiger partial charge in [-0.3, -0.25) is 4.90 Å². The first kappa shape index (κ1) is 26.9. The van der Waals surface area contributed by atoms with Gasteiger partial charge in [0.15, 0.2) is 11.3 Å². The Kier molecular flexibility index (Phi) is 8.28. The number of benzene rings is 1. The summed E-state index contributed by atoms with van der Waals surface area (Å²) in [5.41, 5.74) is 2.13. The average molecular weight is 551 g/mol. The fourth-order valence-corrected chi connectivity index (χ4v) is 6.26. The fourth-order valence-electron chi connectivity index (χ4n) is 5.69. The molecule has 0 aliphatic carbocycles. The van der Waals surface area contributed by atoms with Crippen molar-refractivity contribution in [1.29, 1.82) is 5.26 Å². The Bertz CT molecular complexity index is 1280. The lowest BCUT2D eigenvalue weighted by Crippen LogP contribution is -2.52. The summed E-state index contributed by atoms with van der Waals surface area (Å²) < 4.78 is 1.73. The summed E-state index contributed by atoms with van der Waals surface area (Å²) in [6, 6.07) is 8.00. The lowest BCUT2D eigenvalue weighted by molar-refractivity contribution is 0.0800. The van der Waals surface area contributed by atoms with Crippen LogP contribution in [0.2, 0.25) is 10.0 Å². The minimum Gasteiger partial charge on any atom is -0.395 e. The first-order chi connectivity index (χ1) is 16.9. The summed E-state index contributed by atoms with van der Waals surface area (Å²) in [6.45, 7) is 7.26. The molecule has 2 aliphatic heterocycles. The van der Waals surface area contributed by atoms with Crippen molar-refractivity contribution in [3.8, 4) is 6.07 Å². The van der Waals surface area contributed by atoms with Crippen molar-refractivity contribution in [3.05, 3.63) is 45.7 Å². The molecule has 3 aromatic rings. The number of aliphatic hydroxyl groups is 1. The maximum Gasteiger partial charge on any atom is 0.190 e. The van der Waals surface area contributed by atoms with E-state index in [-0.39, 0.29) is 36.8 Å². The number of aliphatic hydroxyl groups excluding tert-OH is 1. The minimum atomic E-state index is -0.260. The van der Waals surface area contributed by atoms with Gasteiger partial charge in [0.25, 0.3) is 0 Å². The number of nitrogens with zero attached hydrogens (tertiary/aromatic N) is 7. The minimum absolute atomic E-state index is 0. The van der Waals surface area contributed by atoms with E-state index in [0.29, 0.717) is 33.2 Å². The molecule has 1 aromatic carbocycles. The van der Waals surface area contributed by atoms with Crippen molar-refractivity contribution in [2.75, 3.05) is 31.1 Å². The van der Waals surface area contributed by atoms with Crippen LogP contribution in [0.1, 0.15) is 50.4 Å². The van der Waals surface area contributed by atoms with Gasteiger partial charge in [-0.25, -0.2) is 14.6 Å². The zero-order valence-electron chi connectivity index (χ0n) is 20.3. The van der Waals surface area contributed by atoms with Gasteiger partial charge in [0, 0.05) is 35.2 Å². The van der Waals surface area contributed by atoms with Crippen LogP contribution in [0.3, 0.4) is 0 Å². The third-order valence-electron chi connectivity index (χ3n) is 7.52. The van der Waals surface area contributed by atoms with Crippen LogP contribution in [-0.4, -0.2) is 68.1 Å². The molecule has 4 atom stereocenters. The van der Waals surface area contributed by atoms with E-state index in [1.807, 2.05) is 13.0 Å². The summed E-state index contributed by atoms with van der Waals surface area (Å²) in [6.07, 6.45) is 4.99. The maximum absolute atomic E-state index is 9.77. The van der Waals surface area contributed by atoms with Crippen LogP contribution < -0.4 is 4.90 Å². The van der Waals surface area contributed by atoms with Crippen LogP contribution in [0.25, 0.3) is 11.2 Å². The molecule has 4 heterocycles. The molecule has 5 rings (SSSR count).